The lowest BCUT2D eigenvalue weighted by molar-refractivity contribution is -0.110. The van der Waals surface area contributed by atoms with Crippen molar-refractivity contribution < 1.29 is 4.79 Å². The predicted molar refractivity (Wildman–Crippen MR) is 90.2 cm³/mol. The van der Waals surface area contributed by atoms with Crippen LogP contribution in [0.4, 0.5) is 5.69 Å². The Balaban J connectivity index is 2.11. The van der Waals surface area contributed by atoms with Gasteiger partial charge in [-0.05, 0) is 43.3 Å². The Labute approximate surface area is 133 Å². The summed E-state index contributed by atoms with van der Waals surface area (Å²) in [6, 6.07) is 15.1. The molecular weight excluding hydrogens is 304 g/mol. The third-order valence-corrected chi connectivity index (χ3v) is 4.00. The van der Waals surface area contributed by atoms with Crippen LogP contribution in [0, 0.1) is 6.92 Å². The van der Waals surface area contributed by atoms with Gasteiger partial charge in [0.15, 0.2) is 10.8 Å². The molecule has 21 heavy (non-hydrogen) atoms. The number of thioether (sulfide) groups is 1. The maximum Gasteiger partial charge on any atom is 0.186 e. The second kappa shape index (κ2) is 7.29. The first-order chi connectivity index (χ1) is 10.0. The van der Waals surface area contributed by atoms with Crippen molar-refractivity contribution in [3.8, 4) is 0 Å². The fourth-order valence-electron chi connectivity index (χ4n) is 1.53. The molecule has 0 fully saturated rings. The second-order valence-electron chi connectivity index (χ2n) is 4.51. The molecule has 2 aromatic rings. The highest BCUT2D eigenvalue weighted by Crippen LogP contribution is 2.22. The number of nitrogens with zero attached hydrogens (tertiary/aromatic N) is 1. The molecule has 2 aromatic carbocycles. The first kappa shape index (κ1) is 15.6. The van der Waals surface area contributed by atoms with E-state index in [2.05, 4.69) is 10.5 Å². The van der Waals surface area contributed by atoms with E-state index < -0.39 is 0 Å². The molecule has 3 nitrogen and oxygen atoms in total. The van der Waals surface area contributed by atoms with Gasteiger partial charge in [0.25, 0.3) is 0 Å². The van der Waals surface area contributed by atoms with Crippen molar-refractivity contribution in [3.63, 3.8) is 0 Å². The summed E-state index contributed by atoms with van der Waals surface area (Å²) in [5, 5.41) is 5.25. The molecule has 2 rings (SSSR count). The molecule has 0 radical (unpaired) electrons. The highest BCUT2D eigenvalue weighted by molar-refractivity contribution is 8.15. The van der Waals surface area contributed by atoms with Gasteiger partial charge in [-0.2, -0.15) is 5.10 Å². The van der Waals surface area contributed by atoms with E-state index in [9.17, 15) is 4.79 Å². The van der Waals surface area contributed by atoms with E-state index in [1.807, 2.05) is 43.3 Å². The number of benzene rings is 2. The zero-order valence-corrected chi connectivity index (χ0v) is 13.3. The minimum Gasteiger partial charge on any atom is -0.292 e. The number of Topliss-reactive ketones (excluding diaryl/α,β-unsaturated/α-hetero) is 1. The molecule has 0 aliphatic carbocycles. The number of ketones is 1. The molecule has 0 aromatic heterocycles. The Hall–Kier alpha value is -1.78. The van der Waals surface area contributed by atoms with Crippen LogP contribution >= 0.6 is 23.4 Å². The van der Waals surface area contributed by atoms with Crippen molar-refractivity contribution >= 4 is 39.9 Å². The third kappa shape index (κ3) is 4.92. The highest BCUT2D eigenvalue weighted by atomic mass is 35.5. The van der Waals surface area contributed by atoms with E-state index in [0.717, 1.165) is 10.6 Å². The molecule has 0 atom stereocenters. The summed E-state index contributed by atoms with van der Waals surface area (Å²) < 4.78 is 0. The van der Waals surface area contributed by atoms with Gasteiger partial charge >= 0.3 is 0 Å². The Kier molecular flexibility index (Phi) is 5.42. The first-order valence-corrected chi connectivity index (χ1v) is 7.59. The van der Waals surface area contributed by atoms with Gasteiger partial charge in [0.05, 0.1) is 5.69 Å². The van der Waals surface area contributed by atoms with Crippen molar-refractivity contribution in [1.82, 2.24) is 0 Å². The Morgan fingerprint density at radius 3 is 2.29 bits per heavy atom. The van der Waals surface area contributed by atoms with Gasteiger partial charge in [-0.15, -0.1) is 0 Å². The number of rotatable bonds is 4. The van der Waals surface area contributed by atoms with Crippen molar-refractivity contribution in [2.24, 2.45) is 5.10 Å². The van der Waals surface area contributed by atoms with Crippen molar-refractivity contribution in [1.29, 1.82) is 0 Å². The number of carbonyl (C=O) groups is 1. The Morgan fingerprint density at radius 1 is 1.10 bits per heavy atom. The average Bonchev–Trinajstić information content (AvgIpc) is 2.47. The number of nitrogens with one attached hydrogen (secondary N) is 1. The summed E-state index contributed by atoms with van der Waals surface area (Å²) in [6.07, 6.45) is 0. The van der Waals surface area contributed by atoms with Crippen molar-refractivity contribution in [2.45, 2.75) is 18.7 Å². The normalized spacial score (nSPS) is 11.3. The first-order valence-electron chi connectivity index (χ1n) is 6.39. The number of hydrogen-bond donors (Lipinski definition) is 1. The average molecular weight is 319 g/mol. The van der Waals surface area contributed by atoms with Gasteiger partial charge < -0.3 is 0 Å². The summed E-state index contributed by atoms with van der Waals surface area (Å²) in [5.41, 5.74) is 4.92. The van der Waals surface area contributed by atoms with Gasteiger partial charge in [0.2, 0.25) is 0 Å². The molecule has 0 aliphatic heterocycles. The van der Waals surface area contributed by atoms with Gasteiger partial charge in [-0.25, -0.2) is 0 Å². The lowest BCUT2D eigenvalue weighted by Crippen LogP contribution is -2.08. The molecule has 108 valence electrons. The van der Waals surface area contributed by atoms with E-state index in [4.69, 9.17) is 11.6 Å². The van der Waals surface area contributed by atoms with Crippen LogP contribution in [-0.2, 0) is 4.79 Å². The maximum absolute atomic E-state index is 11.7. The summed E-state index contributed by atoms with van der Waals surface area (Å²) in [4.78, 5) is 12.6. The molecule has 0 saturated heterocycles. The van der Waals surface area contributed by atoms with Crippen LogP contribution in [0.3, 0.4) is 0 Å². The summed E-state index contributed by atoms with van der Waals surface area (Å²) in [7, 11) is 0. The number of halogens is 1. The van der Waals surface area contributed by atoms with Crippen LogP contribution in [0.25, 0.3) is 0 Å². The number of carbonyl (C=O) groups excluding carboxylic acids is 1. The largest absolute Gasteiger partial charge is 0.292 e. The number of hydrogen-bond acceptors (Lipinski definition) is 4. The molecule has 5 heteroatoms. The molecular formula is C16H15ClN2OS. The maximum atomic E-state index is 11.7. The second-order valence-corrected chi connectivity index (χ2v) is 6.01. The van der Waals surface area contributed by atoms with E-state index in [-0.39, 0.29) is 5.78 Å². The van der Waals surface area contributed by atoms with Crippen LogP contribution in [0.2, 0.25) is 5.02 Å². The highest BCUT2D eigenvalue weighted by Gasteiger charge is 2.08. The molecule has 0 aliphatic rings. The van der Waals surface area contributed by atoms with Gasteiger partial charge in [0.1, 0.15) is 0 Å². The van der Waals surface area contributed by atoms with E-state index in [0.29, 0.717) is 10.1 Å². The molecule has 0 bridgehead atoms. The lowest BCUT2D eigenvalue weighted by atomic mass is 10.2. The zero-order chi connectivity index (χ0) is 15.2. The summed E-state index contributed by atoms with van der Waals surface area (Å²) >= 11 is 7.15. The molecule has 0 spiro atoms. The van der Waals surface area contributed by atoms with Crippen LogP contribution in [0.1, 0.15) is 12.5 Å². The standard InChI is InChI=1S/C16H15ClN2OS/c1-11-3-7-14(8-4-11)18-19-16(12(2)20)21-15-9-5-13(17)6-10-15/h3-10,18H,1-2H3/b19-16+. The number of anilines is 1. The third-order valence-electron chi connectivity index (χ3n) is 2.67. The summed E-state index contributed by atoms with van der Waals surface area (Å²) in [6.45, 7) is 3.52. The zero-order valence-electron chi connectivity index (χ0n) is 11.8. The Bertz CT molecular complexity index is 651. The van der Waals surface area contributed by atoms with E-state index >= 15 is 0 Å². The quantitative estimate of drug-likeness (QED) is 0.382. The van der Waals surface area contributed by atoms with E-state index in [1.165, 1.54) is 24.2 Å². The number of hydrazone groups is 1. The van der Waals surface area contributed by atoms with Crippen LogP contribution in [-0.4, -0.2) is 10.8 Å². The van der Waals surface area contributed by atoms with Crippen LogP contribution in [0.5, 0.6) is 0 Å². The topological polar surface area (TPSA) is 41.5 Å². The molecule has 0 unspecified atom stereocenters. The summed E-state index contributed by atoms with van der Waals surface area (Å²) in [5.74, 6) is -0.0884. The number of aryl methyl sites for hydroxylation is 1. The molecule has 0 heterocycles. The van der Waals surface area contributed by atoms with Crippen LogP contribution in [0.15, 0.2) is 58.5 Å². The molecule has 1 N–H and O–H groups in total. The molecule has 0 saturated carbocycles. The SMILES string of the molecule is CC(=O)/C(=N\Nc1ccc(C)cc1)Sc1ccc(Cl)cc1. The van der Waals surface area contributed by atoms with Crippen LogP contribution < -0.4 is 5.43 Å². The minimum absolute atomic E-state index is 0.0884. The molecule has 0 amide bonds. The van der Waals surface area contributed by atoms with Crippen molar-refractivity contribution in [2.75, 3.05) is 5.43 Å². The fraction of sp³-hybridized carbons (Fsp3) is 0.125. The van der Waals surface area contributed by atoms with Gasteiger partial charge in [-0.1, -0.05) is 41.1 Å². The Morgan fingerprint density at radius 2 is 1.71 bits per heavy atom. The smallest absolute Gasteiger partial charge is 0.186 e. The van der Waals surface area contributed by atoms with Gasteiger partial charge in [0, 0.05) is 16.8 Å². The van der Waals surface area contributed by atoms with Crippen molar-refractivity contribution in [3.05, 3.63) is 59.1 Å². The van der Waals surface area contributed by atoms with Gasteiger partial charge in [-0.3, -0.25) is 10.2 Å². The van der Waals surface area contributed by atoms with E-state index in [1.54, 1.807) is 12.1 Å². The predicted octanol–water partition coefficient (Wildman–Crippen LogP) is 4.76. The lowest BCUT2D eigenvalue weighted by Gasteiger charge is -2.05. The monoisotopic (exact) mass is 318 g/mol. The minimum atomic E-state index is -0.0884. The fourth-order valence-corrected chi connectivity index (χ4v) is 2.39.